The number of ether oxygens (including phenoxy) is 2. The highest BCUT2D eigenvalue weighted by Crippen LogP contribution is 2.57. The second-order valence-corrected chi connectivity index (χ2v) is 13.7. The maximum Gasteiger partial charge on any atom is 0.343 e. The molecule has 0 saturated heterocycles. The van der Waals surface area contributed by atoms with Gasteiger partial charge in [-0.1, -0.05) is 111 Å². The minimum atomic E-state index is -0.415. The second kappa shape index (κ2) is 13.5. The number of hydrogen-bond donors (Lipinski definition) is 0. The van der Waals surface area contributed by atoms with Crippen LogP contribution in [0.25, 0.3) is 22.3 Å². The van der Waals surface area contributed by atoms with E-state index in [-0.39, 0.29) is 11.9 Å². The fourth-order valence-corrected chi connectivity index (χ4v) is 8.05. The number of carbonyl (C=O) groups excluding carboxylic acids is 2. The highest BCUT2D eigenvalue weighted by Gasteiger charge is 2.49. The van der Waals surface area contributed by atoms with Gasteiger partial charge in [-0.2, -0.15) is 0 Å². The van der Waals surface area contributed by atoms with Crippen molar-refractivity contribution in [3.63, 3.8) is 0 Å². The quantitative estimate of drug-likeness (QED) is 0.120. The average Bonchev–Trinajstić information content (AvgIpc) is 3.76. The zero-order valence-electron chi connectivity index (χ0n) is 29.1. The molecule has 1 spiro atoms. The van der Waals surface area contributed by atoms with E-state index in [1.165, 1.54) is 22.3 Å². The van der Waals surface area contributed by atoms with Gasteiger partial charge in [0.15, 0.2) is 0 Å². The minimum Gasteiger partial charge on any atom is -0.423 e. The third-order valence-electron chi connectivity index (χ3n) is 10.9. The van der Waals surface area contributed by atoms with Gasteiger partial charge in [-0.3, -0.25) is 0 Å². The molecule has 0 saturated carbocycles. The standard InChI is InChI=1S/C47H40O4/c1-3-31-11-15-33(16-12-31)35-19-23-39(24-20-35)45(48)50-41-9-5-7-37-27-29-47(43(37)41)30-28-38-8-6-10-42(44(38)47)51-46(49)40-25-21-36(22-26-40)34-17-13-32(4-2)14-18-34/h5-26H,3-4,27-30H2,1-2H3. The van der Waals surface area contributed by atoms with E-state index >= 15 is 0 Å². The summed E-state index contributed by atoms with van der Waals surface area (Å²) in [5, 5.41) is 0. The number of esters is 2. The molecule has 51 heavy (non-hydrogen) atoms. The summed E-state index contributed by atoms with van der Waals surface area (Å²) in [6.07, 6.45) is 5.42. The van der Waals surface area contributed by atoms with Gasteiger partial charge in [-0.25, -0.2) is 9.59 Å². The van der Waals surface area contributed by atoms with E-state index in [0.717, 1.165) is 71.9 Å². The van der Waals surface area contributed by atoms with Crippen molar-refractivity contribution < 1.29 is 19.1 Å². The van der Waals surface area contributed by atoms with E-state index in [2.05, 4.69) is 74.5 Å². The van der Waals surface area contributed by atoms with Gasteiger partial charge >= 0.3 is 11.9 Å². The smallest absolute Gasteiger partial charge is 0.343 e. The Bertz CT molecular complexity index is 2070. The summed E-state index contributed by atoms with van der Waals surface area (Å²) in [7, 11) is 0. The number of benzene rings is 6. The molecular formula is C47H40O4. The average molecular weight is 669 g/mol. The summed E-state index contributed by atoms with van der Waals surface area (Å²) in [5.41, 5.74) is 11.9. The topological polar surface area (TPSA) is 52.6 Å². The molecule has 2 aliphatic carbocycles. The van der Waals surface area contributed by atoms with Crippen molar-refractivity contribution in [1.82, 2.24) is 0 Å². The van der Waals surface area contributed by atoms with E-state index in [4.69, 9.17) is 9.47 Å². The summed E-state index contributed by atoms with van der Waals surface area (Å²) < 4.78 is 12.5. The molecule has 8 rings (SSSR count). The highest BCUT2D eigenvalue weighted by molar-refractivity contribution is 5.93. The lowest BCUT2D eigenvalue weighted by atomic mass is 9.76. The van der Waals surface area contributed by atoms with Crippen molar-refractivity contribution in [3.05, 3.63) is 178 Å². The number of hydrogen-bond acceptors (Lipinski definition) is 4. The molecule has 0 atom stereocenters. The third-order valence-corrected chi connectivity index (χ3v) is 10.9. The Morgan fingerprint density at radius 3 is 1.20 bits per heavy atom. The Morgan fingerprint density at radius 1 is 0.490 bits per heavy atom. The van der Waals surface area contributed by atoms with Crippen molar-refractivity contribution in [3.8, 4) is 33.8 Å². The minimum absolute atomic E-state index is 0.388. The largest absolute Gasteiger partial charge is 0.423 e. The molecule has 0 radical (unpaired) electrons. The summed E-state index contributed by atoms with van der Waals surface area (Å²) in [6, 6.07) is 44.2. The number of carbonyl (C=O) groups is 2. The zero-order valence-corrected chi connectivity index (χ0v) is 29.1. The normalized spacial score (nSPS) is 13.8. The van der Waals surface area contributed by atoms with Gasteiger partial charge in [0.05, 0.1) is 11.1 Å². The lowest BCUT2D eigenvalue weighted by Crippen LogP contribution is -2.24. The molecule has 0 N–H and O–H groups in total. The van der Waals surface area contributed by atoms with Gasteiger partial charge < -0.3 is 9.47 Å². The molecule has 0 unspecified atom stereocenters. The zero-order chi connectivity index (χ0) is 35.0. The van der Waals surface area contributed by atoms with E-state index in [1.807, 2.05) is 72.8 Å². The molecule has 252 valence electrons. The molecule has 0 heterocycles. The van der Waals surface area contributed by atoms with E-state index in [0.29, 0.717) is 22.6 Å². The van der Waals surface area contributed by atoms with Crippen LogP contribution in [-0.4, -0.2) is 11.9 Å². The van der Waals surface area contributed by atoms with Gasteiger partial charge in [-0.05, 0) is 119 Å². The first kappa shape index (κ1) is 32.5. The van der Waals surface area contributed by atoms with E-state index in [9.17, 15) is 9.59 Å². The van der Waals surface area contributed by atoms with Crippen LogP contribution in [0.15, 0.2) is 133 Å². The summed E-state index contributed by atoms with van der Waals surface area (Å²) in [4.78, 5) is 27.2. The van der Waals surface area contributed by atoms with Crippen LogP contribution in [0, 0.1) is 0 Å². The van der Waals surface area contributed by atoms with Crippen molar-refractivity contribution >= 4 is 11.9 Å². The Morgan fingerprint density at radius 2 is 0.843 bits per heavy atom. The van der Waals surface area contributed by atoms with Crippen LogP contribution < -0.4 is 9.47 Å². The van der Waals surface area contributed by atoms with Crippen LogP contribution in [0.5, 0.6) is 11.5 Å². The van der Waals surface area contributed by atoms with Crippen LogP contribution in [0.1, 0.15) is 80.8 Å². The Labute approximate surface area is 299 Å². The maximum absolute atomic E-state index is 13.6. The monoisotopic (exact) mass is 668 g/mol. The number of rotatable bonds is 8. The van der Waals surface area contributed by atoms with Gasteiger partial charge in [0.25, 0.3) is 0 Å². The highest BCUT2D eigenvalue weighted by atomic mass is 16.5. The molecule has 6 aromatic carbocycles. The molecule has 2 aliphatic rings. The van der Waals surface area contributed by atoms with E-state index in [1.54, 1.807) is 0 Å². The van der Waals surface area contributed by atoms with Gasteiger partial charge in [0.2, 0.25) is 0 Å². The first-order valence-corrected chi connectivity index (χ1v) is 18.0. The van der Waals surface area contributed by atoms with Crippen molar-refractivity contribution in [1.29, 1.82) is 0 Å². The second-order valence-electron chi connectivity index (χ2n) is 13.7. The van der Waals surface area contributed by atoms with Crippen LogP contribution in [-0.2, 0) is 31.1 Å². The fourth-order valence-electron chi connectivity index (χ4n) is 8.05. The van der Waals surface area contributed by atoms with Crippen molar-refractivity contribution in [2.45, 2.75) is 57.8 Å². The molecular weight excluding hydrogens is 629 g/mol. The van der Waals surface area contributed by atoms with Crippen LogP contribution in [0.2, 0.25) is 0 Å². The first-order chi connectivity index (χ1) is 25.0. The van der Waals surface area contributed by atoms with Gasteiger partial charge in [-0.15, -0.1) is 0 Å². The summed E-state index contributed by atoms with van der Waals surface area (Å²) >= 11 is 0. The lowest BCUT2D eigenvalue weighted by Gasteiger charge is -2.29. The number of aryl methyl sites for hydroxylation is 4. The van der Waals surface area contributed by atoms with Crippen LogP contribution in [0.4, 0.5) is 0 Å². The van der Waals surface area contributed by atoms with Crippen LogP contribution in [0.3, 0.4) is 0 Å². The fraction of sp³-hybridized carbons (Fsp3) is 0.191. The third kappa shape index (κ3) is 6.05. The Kier molecular flexibility index (Phi) is 8.61. The predicted octanol–water partition coefficient (Wildman–Crippen LogP) is 10.8. The van der Waals surface area contributed by atoms with E-state index < -0.39 is 5.41 Å². The van der Waals surface area contributed by atoms with Crippen molar-refractivity contribution in [2.75, 3.05) is 0 Å². The molecule has 4 nitrogen and oxygen atoms in total. The van der Waals surface area contributed by atoms with Crippen molar-refractivity contribution in [2.24, 2.45) is 0 Å². The molecule has 0 aliphatic heterocycles. The maximum atomic E-state index is 13.6. The molecule has 0 aromatic heterocycles. The Balaban J connectivity index is 1.05. The number of fused-ring (bicyclic) bond motifs is 4. The van der Waals surface area contributed by atoms with Gasteiger partial charge in [0, 0.05) is 16.5 Å². The molecule has 6 aromatic rings. The SMILES string of the molecule is CCc1ccc(-c2ccc(C(=O)Oc3cccc4c3C3(CC4)CCc4cccc(OC(=O)c5ccc(-c6ccc(CC)cc6)cc5)c43)cc2)cc1. The summed E-state index contributed by atoms with van der Waals surface area (Å²) in [6.45, 7) is 4.29. The van der Waals surface area contributed by atoms with Gasteiger partial charge in [0.1, 0.15) is 11.5 Å². The van der Waals surface area contributed by atoms with Crippen LogP contribution >= 0.6 is 0 Å². The molecule has 4 heteroatoms. The first-order valence-electron chi connectivity index (χ1n) is 18.0. The molecule has 0 bridgehead atoms. The predicted molar refractivity (Wildman–Crippen MR) is 203 cm³/mol. The molecule has 0 fully saturated rings. The lowest BCUT2D eigenvalue weighted by molar-refractivity contribution is 0.0725. The summed E-state index contributed by atoms with van der Waals surface area (Å²) in [5.74, 6) is 0.374. The molecule has 0 amide bonds. The Hall–Kier alpha value is -5.74.